The van der Waals surface area contributed by atoms with Crippen molar-refractivity contribution >= 4 is 17.4 Å². The molecular weight excluding hydrogens is 399 g/mol. The summed E-state index contributed by atoms with van der Waals surface area (Å²) in [5.74, 6) is -2.67. The molecule has 6 nitrogen and oxygen atoms in total. The normalized spacial score (nSPS) is 18.8. The number of nitrogens with one attached hydrogen (secondary N) is 2. The Morgan fingerprint density at radius 3 is 2.72 bits per heavy atom. The van der Waals surface area contributed by atoms with Gasteiger partial charge in [0.15, 0.2) is 6.04 Å². The third-order valence-electron chi connectivity index (χ3n) is 4.55. The molecule has 0 fully saturated rings. The molecule has 0 saturated carbocycles. The smallest absolute Gasteiger partial charge is 0.410 e. The van der Waals surface area contributed by atoms with Crippen LogP contribution < -0.4 is 10.6 Å². The van der Waals surface area contributed by atoms with Gasteiger partial charge < -0.3 is 15.1 Å². The Bertz CT molecular complexity index is 1050. The number of hydrogen-bond donors (Lipinski definition) is 2. The number of hydrogen-bond acceptors (Lipinski definition) is 4. The van der Waals surface area contributed by atoms with E-state index >= 15 is 0 Å². The lowest BCUT2D eigenvalue weighted by Crippen LogP contribution is -2.36. The number of rotatable bonds is 3. The van der Waals surface area contributed by atoms with Crippen LogP contribution in [0.3, 0.4) is 0 Å². The minimum atomic E-state index is -4.62. The molecular formula is C18H13F5N4O2. The lowest BCUT2D eigenvalue weighted by molar-refractivity contribution is -0.174. The molecule has 0 bridgehead atoms. The molecule has 0 unspecified atom stereocenters. The van der Waals surface area contributed by atoms with E-state index in [4.69, 9.17) is 4.42 Å². The van der Waals surface area contributed by atoms with E-state index in [1.54, 1.807) is 0 Å². The monoisotopic (exact) mass is 412 g/mol. The molecule has 29 heavy (non-hydrogen) atoms. The van der Waals surface area contributed by atoms with Gasteiger partial charge in [0.25, 0.3) is 5.91 Å². The molecule has 2 aromatic heterocycles. The van der Waals surface area contributed by atoms with E-state index < -0.39 is 35.8 Å². The Kier molecular flexibility index (Phi) is 4.52. The third-order valence-corrected chi connectivity index (χ3v) is 4.55. The Labute approximate surface area is 160 Å². The highest BCUT2D eigenvalue weighted by atomic mass is 19.4. The Morgan fingerprint density at radius 1 is 1.28 bits per heavy atom. The van der Waals surface area contributed by atoms with E-state index in [0.29, 0.717) is 10.7 Å². The van der Waals surface area contributed by atoms with E-state index in [1.807, 2.05) is 0 Å². The molecule has 0 spiro atoms. The highest BCUT2D eigenvalue weighted by Crippen LogP contribution is 2.44. The molecule has 2 atom stereocenters. The van der Waals surface area contributed by atoms with Crippen molar-refractivity contribution in [3.05, 3.63) is 65.7 Å². The van der Waals surface area contributed by atoms with Gasteiger partial charge >= 0.3 is 6.18 Å². The van der Waals surface area contributed by atoms with Crippen molar-refractivity contribution in [2.75, 3.05) is 10.6 Å². The van der Waals surface area contributed by atoms with Crippen molar-refractivity contribution in [2.45, 2.75) is 24.7 Å². The molecule has 0 saturated heterocycles. The van der Waals surface area contributed by atoms with Crippen LogP contribution in [0.4, 0.5) is 33.5 Å². The second-order valence-corrected chi connectivity index (χ2v) is 6.44. The van der Waals surface area contributed by atoms with E-state index in [9.17, 15) is 26.7 Å². The molecule has 1 aliphatic rings. The number of carbonyl (C=O) groups is 1. The minimum Gasteiger partial charge on any atom is -0.467 e. The fourth-order valence-electron chi connectivity index (χ4n) is 3.19. The van der Waals surface area contributed by atoms with Crippen molar-refractivity contribution in [3.63, 3.8) is 0 Å². The summed E-state index contributed by atoms with van der Waals surface area (Å²) in [7, 11) is 0. The molecule has 11 heteroatoms. The molecule has 1 aliphatic heterocycles. The van der Waals surface area contributed by atoms with Crippen LogP contribution in [0.15, 0.2) is 47.2 Å². The summed E-state index contributed by atoms with van der Waals surface area (Å²) >= 11 is 0. The minimum absolute atomic E-state index is 0.181. The van der Waals surface area contributed by atoms with Crippen LogP contribution in [0, 0.1) is 11.6 Å². The summed E-state index contributed by atoms with van der Waals surface area (Å²) in [5.41, 5.74) is -0.540. The molecule has 3 heterocycles. The summed E-state index contributed by atoms with van der Waals surface area (Å²) in [5, 5.41) is 8.76. The number of anilines is 2. The van der Waals surface area contributed by atoms with Crippen LogP contribution in [0.2, 0.25) is 0 Å². The van der Waals surface area contributed by atoms with Gasteiger partial charge in [-0.15, -0.1) is 0 Å². The largest absolute Gasteiger partial charge is 0.467 e. The second-order valence-electron chi connectivity index (χ2n) is 6.44. The molecule has 0 aliphatic carbocycles. The third kappa shape index (κ3) is 3.55. The highest BCUT2D eigenvalue weighted by Gasteiger charge is 2.47. The summed E-state index contributed by atoms with van der Waals surface area (Å²) in [6.45, 7) is 0. The number of carbonyl (C=O) groups excluding carboxylic acids is 1. The summed E-state index contributed by atoms with van der Waals surface area (Å²) < 4.78 is 73.4. The first-order chi connectivity index (χ1) is 13.7. The maximum Gasteiger partial charge on any atom is 0.410 e. The Morgan fingerprint density at radius 2 is 2.07 bits per heavy atom. The van der Waals surface area contributed by atoms with Gasteiger partial charge in [-0.05, 0) is 24.3 Å². The average molecular weight is 412 g/mol. The predicted octanol–water partition coefficient (Wildman–Crippen LogP) is 4.67. The first kappa shape index (κ1) is 19.0. The van der Waals surface area contributed by atoms with Gasteiger partial charge in [-0.1, -0.05) is 0 Å². The van der Waals surface area contributed by atoms with Crippen LogP contribution >= 0.6 is 0 Å². The number of furan rings is 1. The number of aromatic nitrogens is 2. The first-order valence-corrected chi connectivity index (χ1v) is 8.44. The van der Waals surface area contributed by atoms with E-state index in [0.717, 1.165) is 18.3 Å². The van der Waals surface area contributed by atoms with Gasteiger partial charge in [0, 0.05) is 12.5 Å². The topological polar surface area (TPSA) is 72.1 Å². The number of nitrogens with zero attached hydrogens (tertiary/aromatic N) is 2. The zero-order valence-corrected chi connectivity index (χ0v) is 14.5. The maximum atomic E-state index is 13.8. The van der Waals surface area contributed by atoms with Gasteiger partial charge in [-0.2, -0.15) is 18.3 Å². The summed E-state index contributed by atoms with van der Waals surface area (Å²) in [6.07, 6.45) is -2.72. The standard InChI is InChI=1S/C18H13F5N4O2/c19-9-3-4-12(11(20)6-9)26-17(28)10-8-24-27-15(18(21,22)23)7-13(25-16(10)27)14-2-1-5-29-14/h1-6,8,13,15,25H,7H2,(H,26,28)/t13-,15-/m1/s1. The number of alkyl halides is 3. The molecule has 0 radical (unpaired) electrons. The van der Waals surface area contributed by atoms with E-state index in [-0.39, 0.29) is 29.2 Å². The molecule has 1 aromatic carbocycles. The quantitative estimate of drug-likeness (QED) is 0.614. The maximum absolute atomic E-state index is 13.8. The van der Waals surface area contributed by atoms with Crippen molar-refractivity contribution in [3.8, 4) is 0 Å². The zero-order valence-electron chi connectivity index (χ0n) is 14.5. The molecule has 2 N–H and O–H groups in total. The fraction of sp³-hybridized carbons (Fsp3) is 0.222. The van der Waals surface area contributed by atoms with Gasteiger partial charge in [0.1, 0.15) is 28.8 Å². The van der Waals surface area contributed by atoms with Crippen LogP contribution in [0.1, 0.15) is 34.6 Å². The Balaban J connectivity index is 1.69. The number of amides is 1. The molecule has 4 rings (SSSR count). The number of halogens is 5. The van der Waals surface area contributed by atoms with Crippen molar-refractivity contribution < 1.29 is 31.2 Å². The Hall–Kier alpha value is -3.37. The summed E-state index contributed by atoms with van der Waals surface area (Å²) in [4.78, 5) is 12.6. The van der Waals surface area contributed by atoms with E-state index in [1.165, 1.54) is 18.4 Å². The predicted molar refractivity (Wildman–Crippen MR) is 91.3 cm³/mol. The summed E-state index contributed by atoms with van der Waals surface area (Å²) in [6, 6.07) is 2.75. The van der Waals surface area contributed by atoms with Crippen LogP contribution in [-0.2, 0) is 0 Å². The average Bonchev–Trinajstić information content (AvgIpc) is 3.31. The van der Waals surface area contributed by atoms with Crippen molar-refractivity contribution in [1.82, 2.24) is 9.78 Å². The van der Waals surface area contributed by atoms with Crippen LogP contribution in [-0.4, -0.2) is 21.9 Å². The van der Waals surface area contributed by atoms with Gasteiger partial charge in [0.2, 0.25) is 0 Å². The van der Waals surface area contributed by atoms with Crippen LogP contribution in [0.25, 0.3) is 0 Å². The molecule has 3 aromatic rings. The number of benzene rings is 1. The molecule has 152 valence electrons. The first-order valence-electron chi connectivity index (χ1n) is 8.44. The van der Waals surface area contributed by atoms with Gasteiger partial charge in [-0.3, -0.25) is 4.79 Å². The number of fused-ring (bicyclic) bond motifs is 1. The van der Waals surface area contributed by atoms with E-state index in [2.05, 4.69) is 15.7 Å². The second kappa shape index (κ2) is 6.90. The highest BCUT2D eigenvalue weighted by molar-refractivity contribution is 6.07. The lowest BCUT2D eigenvalue weighted by Gasteiger charge is -2.32. The molecule has 1 amide bonds. The SMILES string of the molecule is O=C(Nc1ccc(F)cc1F)c1cnn2c1N[C@@H](c1ccco1)C[C@@H]2C(F)(F)F. The fourth-order valence-corrected chi connectivity index (χ4v) is 3.19. The van der Waals surface area contributed by atoms with Gasteiger partial charge in [0.05, 0.1) is 24.2 Å². The van der Waals surface area contributed by atoms with Gasteiger partial charge in [-0.25, -0.2) is 13.5 Å². The van der Waals surface area contributed by atoms with Crippen molar-refractivity contribution in [2.24, 2.45) is 0 Å². The lowest BCUT2D eigenvalue weighted by atomic mass is 10.0. The van der Waals surface area contributed by atoms with Crippen LogP contribution in [0.5, 0.6) is 0 Å². The zero-order chi connectivity index (χ0) is 20.8. The van der Waals surface area contributed by atoms with Crippen molar-refractivity contribution in [1.29, 1.82) is 0 Å².